The molecule has 6 heteroatoms. The zero-order chi connectivity index (χ0) is 12.8. The van der Waals surface area contributed by atoms with Gasteiger partial charge in [-0.2, -0.15) is 0 Å². The summed E-state index contributed by atoms with van der Waals surface area (Å²) in [5.74, 6) is -0.444. The zero-order valence-electron chi connectivity index (χ0n) is 9.12. The second-order valence-electron chi connectivity index (χ2n) is 3.83. The van der Waals surface area contributed by atoms with Gasteiger partial charge in [0.1, 0.15) is 0 Å². The summed E-state index contributed by atoms with van der Waals surface area (Å²) in [7, 11) is -3.69. The second kappa shape index (κ2) is 3.64. The number of nitrogens with one attached hydrogen (secondary N) is 1. The maximum Gasteiger partial charge on any atom is 0.257 e. The van der Waals surface area contributed by atoms with Gasteiger partial charge >= 0.3 is 0 Å². The predicted octanol–water partition coefficient (Wildman–Crippen LogP) is 1.48. The topological polar surface area (TPSA) is 76.1 Å². The summed E-state index contributed by atoms with van der Waals surface area (Å²) in [5.41, 5.74) is 0.354. The molecule has 0 atom stereocenters. The third-order valence-corrected chi connectivity index (χ3v) is 4.61. The van der Waals surface area contributed by atoms with E-state index in [9.17, 15) is 13.2 Å². The number of hydrogen-bond donors (Lipinski definition) is 1. The van der Waals surface area contributed by atoms with Gasteiger partial charge in [-0.15, -0.1) is 0 Å². The van der Waals surface area contributed by atoms with Gasteiger partial charge < -0.3 is 5.32 Å². The van der Waals surface area contributed by atoms with Gasteiger partial charge in [-0.05, 0) is 18.2 Å². The highest BCUT2D eigenvalue weighted by molar-refractivity contribution is 7.91. The number of carbonyl (C=O) groups excluding carboxylic acids is 1. The molecular formula is C12H8N2O3S. The number of carbonyl (C=O) groups is 1. The van der Waals surface area contributed by atoms with E-state index in [0.717, 1.165) is 0 Å². The Morgan fingerprint density at radius 3 is 2.67 bits per heavy atom. The van der Waals surface area contributed by atoms with Crippen LogP contribution in [0.4, 0.5) is 5.69 Å². The van der Waals surface area contributed by atoms with Crippen molar-refractivity contribution in [2.24, 2.45) is 0 Å². The maximum absolute atomic E-state index is 12.4. The van der Waals surface area contributed by atoms with Crippen molar-refractivity contribution in [2.75, 3.05) is 5.32 Å². The van der Waals surface area contributed by atoms with Gasteiger partial charge in [0.15, 0.2) is 0 Å². The van der Waals surface area contributed by atoms with E-state index < -0.39 is 15.7 Å². The third-order valence-electron chi connectivity index (χ3n) is 2.74. The molecule has 0 unspecified atom stereocenters. The van der Waals surface area contributed by atoms with E-state index >= 15 is 0 Å². The lowest BCUT2D eigenvalue weighted by molar-refractivity contribution is 0.102. The fraction of sp³-hybridized carbons (Fsp3) is 0. The van der Waals surface area contributed by atoms with Crippen LogP contribution in [-0.4, -0.2) is 19.3 Å². The predicted molar refractivity (Wildman–Crippen MR) is 64.1 cm³/mol. The maximum atomic E-state index is 12.4. The van der Waals surface area contributed by atoms with Gasteiger partial charge in [-0.1, -0.05) is 12.1 Å². The molecule has 0 radical (unpaired) electrons. The number of rotatable bonds is 0. The highest BCUT2D eigenvalue weighted by Crippen LogP contribution is 2.32. The Balaban J connectivity index is 2.42. The van der Waals surface area contributed by atoms with E-state index in [1.54, 1.807) is 12.1 Å². The second-order valence-corrected chi connectivity index (χ2v) is 5.71. The van der Waals surface area contributed by atoms with Crippen LogP contribution in [0.15, 0.2) is 52.5 Å². The monoisotopic (exact) mass is 260 g/mol. The van der Waals surface area contributed by atoms with Crippen LogP contribution >= 0.6 is 0 Å². The molecule has 1 aromatic heterocycles. The molecule has 90 valence electrons. The molecule has 3 rings (SSSR count). The molecule has 0 saturated carbocycles. The number of anilines is 1. The summed E-state index contributed by atoms with van der Waals surface area (Å²) in [5, 5.41) is 2.55. The van der Waals surface area contributed by atoms with Gasteiger partial charge in [-0.25, -0.2) is 8.42 Å². The molecule has 2 heterocycles. The van der Waals surface area contributed by atoms with Crippen molar-refractivity contribution in [1.29, 1.82) is 0 Å². The average Bonchev–Trinajstić information content (AvgIpc) is 2.46. The fourth-order valence-corrected chi connectivity index (χ4v) is 3.48. The minimum atomic E-state index is -3.69. The molecule has 1 amide bonds. The Labute approximate surface area is 103 Å². The van der Waals surface area contributed by atoms with Crippen LogP contribution in [0.25, 0.3) is 0 Å². The number of nitrogens with zero attached hydrogens (tertiary/aromatic N) is 1. The zero-order valence-corrected chi connectivity index (χ0v) is 9.94. The van der Waals surface area contributed by atoms with Crippen molar-refractivity contribution < 1.29 is 13.2 Å². The Kier molecular flexibility index (Phi) is 2.21. The summed E-state index contributed by atoms with van der Waals surface area (Å²) < 4.78 is 24.9. The molecule has 0 aliphatic carbocycles. The highest BCUT2D eigenvalue weighted by atomic mass is 32.2. The Morgan fingerprint density at radius 2 is 1.83 bits per heavy atom. The van der Waals surface area contributed by atoms with Crippen molar-refractivity contribution in [3.05, 3.63) is 48.3 Å². The third kappa shape index (κ3) is 1.42. The van der Waals surface area contributed by atoms with Crippen LogP contribution < -0.4 is 5.32 Å². The Hall–Kier alpha value is -2.21. The molecular weight excluding hydrogens is 252 g/mol. The number of aromatic nitrogens is 1. The van der Waals surface area contributed by atoms with Gasteiger partial charge in [0.25, 0.3) is 5.91 Å². The van der Waals surface area contributed by atoms with Crippen molar-refractivity contribution in [3.8, 4) is 0 Å². The molecule has 2 aromatic rings. The molecule has 5 nitrogen and oxygen atoms in total. The van der Waals surface area contributed by atoms with Crippen molar-refractivity contribution in [1.82, 2.24) is 4.98 Å². The van der Waals surface area contributed by atoms with E-state index in [-0.39, 0.29) is 21.0 Å². The number of benzene rings is 1. The van der Waals surface area contributed by atoms with E-state index in [4.69, 9.17) is 0 Å². The van der Waals surface area contributed by atoms with Gasteiger partial charge in [-0.3, -0.25) is 9.78 Å². The summed E-state index contributed by atoms with van der Waals surface area (Å²) in [6, 6.07) is 7.52. The molecule has 1 aliphatic heterocycles. The number of fused-ring (bicyclic) bond motifs is 2. The lowest BCUT2D eigenvalue weighted by Crippen LogP contribution is -2.11. The molecule has 1 N–H and O–H groups in total. The number of hydrogen-bond acceptors (Lipinski definition) is 4. The highest BCUT2D eigenvalue weighted by Gasteiger charge is 2.30. The standard InChI is InChI=1S/C12H8N2O3S/c15-12-8-3-1-2-4-10(8)18(16,17)11-5-6-13-7-9(11)14-12/h1-7H,(H,14,15). The summed E-state index contributed by atoms with van der Waals surface area (Å²) >= 11 is 0. The fourth-order valence-electron chi connectivity index (χ4n) is 1.91. The molecule has 18 heavy (non-hydrogen) atoms. The van der Waals surface area contributed by atoms with Crippen LogP contribution in [-0.2, 0) is 9.84 Å². The van der Waals surface area contributed by atoms with E-state index in [0.29, 0.717) is 0 Å². The summed E-state index contributed by atoms with van der Waals surface area (Å²) in [4.78, 5) is 15.9. The number of pyridine rings is 1. The first-order valence-electron chi connectivity index (χ1n) is 5.20. The van der Waals surface area contributed by atoms with Crippen molar-refractivity contribution in [2.45, 2.75) is 9.79 Å². The number of sulfone groups is 1. The largest absolute Gasteiger partial charge is 0.319 e. The van der Waals surface area contributed by atoms with Gasteiger partial charge in [0.05, 0.1) is 27.2 Å². The van der Waals surface area contributed by atoms with Crippen LogP contribution in [0.1, 0.15) is 10.4 Å². The van der Waals surface area contributed by atoms with Gasteiger partial charge in [0, 0.05) is 6.20 Å². The molecule has 0 bridgehead atoms. The first kappa shape index (κ1) is 10.9. The van der Waals surface area contributed by atoms with Crippen LogP contribution in [0.2, 0.25) is 0 Å². The summed E-state index contributed by atoms with van der Waals surface area (Å²) in [6.07, 6.45) is 2.72. The average molecular weight is 260 g/mol. The quantitative estimate of drug-likeness (QED) is 0.778. The van der Waals surface area contributed by atoms with E-state index in [1.807, 2.05) is 0 Å². The first-order chi connectivity index (χ1) is 8.60. The van der Waals surface area contributed by atoms with E-state index in [1.165, 1.54) is 30.6 Å². The lowest BCUT2D eigenvalue weighted by Gasteiger charge is -2.05. The minimum Gasteiger partial charge on any atom is -0.319 e. The Morgan fingerprint density at radius 1 is 1.06 bits per heavy atom. The summed E-state index contributed by atoms with van der Waals surface area (Å²) in [6.45, 7) is 0. The lowest BCUT2D eigenvalue weighted by atomic mass is 10.2. The SMILES string of the molecule is O=C1Nc2cnccc2S(=O)(=O)c2ccccc21. The van der Waals surface area contributed by atoms with Crippen LogP contribution in [0, 0.1) is 0 Å². The van der Waals surface area contributed by atoms with Gasteiger partial charge in [0.2, 0.25) is 9.84 Å². The normalized spacial score (nSPS) is 16.1. The number of amides is 1. The van der Waals surface area contributed by atoms with Crippen molar-refractivity contribution in [3.63, 3.8) is 0 Å². The smallest absolute Gasteiger partial charge is 0.257 e. The molecule has 0 fully saturated rings. The molecule has 1 aliphatic rings. The van der Waals surface area contributed by atoms with Crippen molar-refractivity contribution >= 4 is 21.4 Å². The molecule has 1 aromatic carbocycles. The van der Waals surface area contributed by atoms with Crippen LogP contribution in [0.5, 0.6) is 0 Å². The first-order valence-corrected chi connectivity index (χ1v) is 6.68. The van der Waals surface area contributed by atoms with E-state index in [2.05, 4.69) is 10.3 Å². The Bertz CT molecular complexity index is 753. The van der Waals surface area contributed by atoms with Crippen LogP contribution in [0.3, 0.4) is 0 Å². The molecule has 0 saturated heterocycles. The minimum absolute atomic E-state index is 0.0208. The molecule has 0 spiro atoms.